The van der Waals surface area contributed by atoms with Crippen molar-refractivity contribution in [3.05, 3.63) is 35.9 Å². The Labute approximate surface area is 151 Å². The molecule has 1 aliphatic rings. The number of carbonyl (C=O) groups excluding carboxylic acids is 2. The number of nitrogens with one attached hydrogen (secondary N) is 1. The van der Waals surface area contributed by atoms with Crippen LogP contribution >= 0.6 is 0 Å². The monoisotopic (exact) mass is 345 g/mol. The van der Waals surface area contributed by atoms with Crippen molar-refractivity contribution in [1.29, 1.82) is 0 Å². The molecule has 0 aliphatic heterocycles. The summed E-state index contributed by atoms with van der Waals surface area (Å²) in [6.45, 7) is 2.85. The van der Waals surface area contributed by atoms with Crippen molar-refractivity contribution in [1.82, 2.24) is 15.1 Å². The number of amides is 2. The number of carbonyl (C=O) groups is 2. The SMILES string of the molecule is CC(NC(=O)CN(Cc1ccccc1)C1CCCCC1)C(=O)N(C)C. The van der Waals surface area contributed by atoms with Crippen LogP contribution in [0.2, 0.25) is 0 Å². The zero-order chi connectivity index (χ0) is 18.2. The number of hydrogen-bond acceptors (Lipinski definition) is 3. The Hall–Kier alpha value is -1.88. The van der Waals surface area contributed by atoms with Gasteiger partial charge in [-0.2, -0.15) is 0 Å². The van der Waals surface area contributed by atoms with Crippen LogP contribution in [0.3, 0.4) is 0 Å². The highest BCUT2D eigenvalue weighted by molar-refractivity contribution is 5.87. The molecule has 1 aromatic carbocycles. The van der Waals surface area contributed by atoms with Crippen molar-refractivity contribution in [3.63, 3.8) is 0 Å². The molecule has 0 bridgehead atoms. The third kappa shape index (κ3) is 6.16. The summed E-state index contributed by atoms with van der Waals surface area (Å²) in [7, 11) is 3.41. The van der Waals surface area contributed by atoms with E-state index in [1.165, 1.54) is 29.7 Å². The summed E-state index contributed by atoms with van der Waals surface area (Å²) in [6, 6.07) is 10.2. The first-order chi connectivity index (χ1) is 12.0. The Morgan fingerprint density at radius 2 is 1.76 bits per heavy atom. The first-order valence-electron chi connectivity index (χ1n) is 9.26. The minimum atomic E-state index is -0.493. The fourth-order valence-electron chi connectivity index (χ4n) is 3.50. The number of benzene rings is 1. The molecule has 0 aromatic heterocycles. The first-order valence-corrected chi connectivity index (χ1v) is 9.26. The van der Waals surface area contributed by atoms with Gasteiger partial charge in [0.15, 0.2) is 0 Å². The first kappa shape index (κ1) is 19.4. The van der Waals surface area contributed by atoms with E-state index in [0.29, 0.717) is 12.6 Å². The average molecular weight is 345 g/mol. The van der Waals surface area contributed by atoms with Crippen molar-refractivity contribution in [2.75, 3.05) is 20.6 Å². The van der Waals surface area contributed by atoms with Gasteiger partial charge in [-0.05, 0) is 25.3 Å². The quantitative estimate of drug-likeness (QED) is 0.826. The minimum Gasteiger partial charge on any atom is -0.347 e. The van der Waals surface area contributed by atoms with Gasteiger partial charge in [-0.25, -0.2) is 0 Å². The number of likely N-dealkylation sites (N-methyl/N-ethyl adjacent to an activating group) is 1. The van der Waals surface area contributed by atoms with Crippen molar-refractivity contribution in [3.8, 4) is 0 Å². The zero-order valence-electron chi connectivity index (χ0n) is 15.7. The van der Waals surface area contributed by atoms with Gasteiger partial charge in [0.2, 0.25) is 11.8 Å². The molecule has 1 aromatic rings. The van der Waals surface area contributed by atoms with Crippen LogP contribution < -0.4 is 5.32 Å². The fraction of sp³-hybridized carbons (Fsp3) is 0.600. The number of rotatable bonds is 7. The minimum absolute atomic E-state index is 0.0794. The molecular weight excluding hydrogens is 314 g/mol. The molecule has 1 unspecified atom stereocenters. The van der Waals surface area contributed by atoms with Crippen LogP contribution in [0.25, 0.3) is 0 Å². The maximum atomic E-state index is 12.5. The van der Waals surface area contributed by atoms with Gasteiger partial charge in [-0.15, -0.1) is 0 Å². The molecule has 2 amide bonds. The third-order valence-corrected chi connectivity index (χ3v) is 4.85. The Balaban J connectivity index is 1.99. The van der Waals surface area contributed by atoms with Crippen molar-refractivity contribution in [2.24, 2.45) is 0 Å². The molecule has 0 heterocycles. The largest absolute Gasteiger partial charge is 0.347 e. The lowest BCUT2D eigenvalue weighted by molar-refractivity contribution is -0.134. The molecule has 1 fully saturated rings. The lowest BCUT2D eigenvalue weighted by Crippen LogP contribution is -2.49. The lowest BCUT2D eigenvalue weighted by atomic mass is 9.93. The summed E-state index contributed by atoms with van der Waals surface area (Å²) in [5, 5.41) is 2.84. The van der Waals surface area contributed by atoms with E-state index in [4.69, 9.17) is 0 Å². The van der Waals surface area contributed by atoms with Gasteiger partial charge < -0.3 is 10.2 Å². The smallest absolute Gasteiger partial charge is 0.244 e. The van der Waals surface area contributed by atoms with Crippen LogP contribution in [0, 0.1) is 0 Å². The van der Waals surface area contributed by atoms with Crippen LogP contribution in [-0.2, 0) is 16.1 Å². The summed E-state index contributed by atoms with van der Waals surface area (Å²) in [6.07, 6.45) is 6.04. The fourth-order valence-corrected chi connectivity index (χ4v) is 3.50. The van der Waals surface area contributed by atoms with E-state index >= 15 is 0 Å². The summed E-state index contributed by atoms with van der Waals surface area (Å²) in [5.74, 6) is -0.162. The Kier molecular flexibility index (Phi) is 7.44. The van der Waals surface area contributed by atoms with Crippen molar-refractivity contribution >= 4 is 11.8 Å². The van der Waals surface area contributed by atoms with E-state index in [-0.39, 0.29) is 11.8 Å². The van der Waals surface area contributed by atoms with Crippen LogP contribution in [0.5, 0.6) is 0 Å². The number of nitrogens with zero attached hydrogens (tertiary/aromatic N) is 2. The van der Waals surface area contributed by atoms with Gasteiger partial charge in [-0.3, -0.25) is 14.5 Å². The molecule has 5 heteroatoms. The van der Waals surface area contributed by atoms with E-state index in [2.05, 4.69) is 22.3 Å². The highest BCUT2D eigenvalue weighted by Crippen LogP contribution is 2.24. The predicted molar refractivity (Wildman–Crippen MR) is 100 cm³/mol. The summed E-state index contributed by atoms with van der Waals surface area (Å²) in [5.41, 5.74) is 1.22. The molecule has 25 heavy (non-hydrogen) atoms. The standard InChI is InChI=1S/C20H31N3O2/c1-16(20(25)22(2)3)21-19(24)15-23(18-12-8-5-9-13-18)14-17-10-6-4-7-11-17/h4,6-7,10-11,16,18H,5,8-9,12-15H2,1-3H3,(H,21,24). The highest BCUT2D eigenvalue weighted by Gasteiger charge is 2.25. The Morgan fingerprint density at radius 1 is 1.12 bits per heavy atom. The van der Waals surface area contributed by atoms with Crippen molar-refractivity contribution in [2.45, 2.75) is 57.7 Å². The zero-order valence-corrected chi connectivity index (χ0v) is 15.7. The molecule has 2 rings (SSSR count). The average Bonchev–Trinajstić information content (AvgIpc) is 2.62. The summed E-state index contributed by atoms with van der Waals surface area (Å²) >= 11 is 0. The summed E-state index contributed by atoms with van der Waals surface area (Å²) < 4.78 is 0. The van der Waals surface area contributed by atoms with Gasteiger partial charge in [0.1, 0.15) is 6.04 Å². The predicted octanol–water partition coefficient (Wildman–Crippen LogP) is 2.41. The maximum absolute atomic E-state index is 12.5. The van der Waals surface area contributed by atoms with Gasteiger partial charge in [-0.1, -0.05) is 49.6 Å². The second kappa shape index (κ2) is 9.56. The highest BCUT2D eigenvalue weighted by atomic mass is 16.2. The Morgan fingerprint density at radius 3 is 2.36 bits per heavy atom. The topological polar surface area (TPSA) is 52.7 Å². The molecule has 0 radical (unpaired) electrons. The molecule has 5 nitrogen and oxygen atoms in total. The van der Waals surface area contributed by atoms with Gasteiger partial charge in [0, 0.05) is 26.7 Å². The third-order valence-electron chi connectivity index (χ3n) is 4.85. The van der Waals surface area contributed by atoms with Crippen LogP contribution in [-0.4, -0.2) is 54.3 Å². The number of hydrogen-bond donors (Lipinski definition) is 1. The molecular formula is C20H31N3O2. The van der Waals surface area contributed by atoms with Crippen LogP contribution in [0.4, 0.5) is 0 Å². The second-order valence-corrected chi connectivity index (χ2v) is 7.20. The van der Waals surface area contributed by atoms with E-state index < -0.39 is 6.04 Å². The van der Waals surface area contributed by atoms with Gasteiger partial charge in [0.05, 0.1) is 6.54 Å². The van der Waals surface area contributed by atoms with Crippen LogP contribution in [0.15, 0.2) is 30.3 Å². The van der Waals surface area contributed by atoms with E-state index in [1.54, 1.807) is 21.0 Å². The van der Waals surface area contributed by atoms with Gasteiger partial charge in [0.25, 0.3) is 0 Å². The van der Waals surface area contributed by atoms with E-state index in [0.717, 1.165) is 19.4 Å². The normalized spacial score (nSPS) is 16.5. The van der Waals surface area contributed by atoms with E-state index in [9.17, 15) is 9.59 Å². The molecule has 0 saturated heterocycles. The molecule has 1 N–H and O–H groups in total. The van der Waals surface area contributed by atoms with Crippen molar-refractivity contribution < 1.29 is 9.59 Å². The van der Waals surface area contributed by atoms with Crippen LogP contribution in [0.1, 0.15) is 44.6 Å². The van der Waals surface area contributed by atoms with E-state index in [1.807, 2.05) is 18.2 Å². The molecule has 1 saturated carbocycles. The molecule has 1 aliphatic carbocycles. The molecule has 0 spiro atoms. The molecule has 138 valence electrons. The Bertz CT molecular complexity index is 553. The summed E-state index contributed by atoms with van der Waals surface area (Å²) in [4.78, 5) is 28.2. The second-order valence-electron chi connectivity index (χ2n) is 7.20. The lowest BCUT2D eigenvalue weighted by Gasteiger charge is -2.34. The maximum Gasteiger partial charge on any atom is 0.244 e. The van der Waals surface area contributed by atoms with Gasteiger partial charge >= 0.3 is 0 Å². The molecule has 1 atom stereocenters.